The topological polar surface area (TPSA) is 8.17 Å². The molecule has 0 saturated carbocycles. The van der Waals surface area contributed by atoms with Crippen molar-refractivity contribution in [3.8, 4) is 61.3 Å². The van der Waals surface area contributed by atoms with Crippen LogP contribution in [0.15, 0.2) is 231 Å². The van der Waals surface area contributed by atoms with Gasteiger partial charge in [0.15, 0.2) is 0 Å². The average Bonchev–Trinajstić information content (AvgIpc) is 3.93. The minimum absolute atomic E-state index is 0.154. The molecule has 11 aromatic rings. The van der Waals surface area contributed by atoms with Gasteiger partial charge in [-0.1, -0.05) is 185 Å². The van der Waals surface area contributed by atoms with E-state index in [1.54, 1.807) is 0 Å². The summed E-state index contributed by atoms with van der Waals surface area (Å²) in [6.45, 7) is 9.66. The Kier molecular flexibility index (Phi) is 8.95. The number of anilines is 3. The molecule has 0 atom stereocenters. The molecular formula is C66H50N2. The highest BCUT2D eigenvalue weighted by atomic mass is 15.1. The normalized spacial score (nSPS) is 13.8. The van der Waals surface area contributed by atoms with Crippen LogP contribution in [0.2, 0.25) is 0 Å². The lowest BCUT2D eigenvalue weighted by molar-refractivity contribution is 0.653. The lowest BCUT2D eigenvalue weighted by Gasteiger charge is -2.28. The zero-order valence-electron chi connectivity index (χ0n) is 38.8. The Hall–Kier alpha value is -8.20. The molecule has 0 N–H and O–H groups in total. The quantitative estimate of drug-likeness (QED) is 0.155. The van der Waals surface area contributed by atoms with Crippen molar-refractivity contribution in [3.05, 3.63) is 253 Å². The van der Waals surface area contributed by atoms with E-state index in [-0.39, 0.29) is 10.8 Å². The van der Waals surface area contributed by atoms with Crippen molar-refractivity contribution >= 4 is 38.9 Å². The minimum atomic E-state index is -0.218. The number of nitrogens with zero attached hydrogens (tertiary/aromatic N) is 2. The smallest absolute Gasteiger partial charge is 0.0547 e. The summed E-state index contributed by atoms with van der Waals surface area (Å²) >= 11 is 0. The third-order valence-corrected chi connectivity index (χ3v) is 15.2. The third kappa shape index (κ3) is 6.03. The van der Waals surface area contributed by atoms with E-state index in [9.17, 15) is 0 Å². The number of aromatic nitrogens is 1. The molecule has 0 unspecified atom stereocenters. The highest BCUT2D eigenvalue weighted by Crippen LogP contribution is 2.58. The third-order valence-electron chi connectivity index (χ3n) is 15.2. The molecule has 0 bridgehead atoms. The lowest BCUT2D eigenvalue weighted by Crippen LogP contribution is -2.18. The van der Waals surface area contributed by atoms with Gasteiger partial charge in [-0.25, -0.2) is 0 Å². The summed E-state index contributed by atoms with van der Waals surface area (Å²) < 4.78 is 2.40. The SMILES string of the molecule is CC1(C)c2cc(N(c3ccc(-c4ccccc4)cc3)c3ccc(-c4cccc5c4c4ccccc4n5-c4ccccc4)cc3)ccc2-c2cc3c(cc21)-c1cccc(-c2ccccc2)c1C3(C)C. The van der Waals surface area contributed by atoms with Crippen LogP contribution in [0.4, 0.5) is 17.1 Å². The monoisotopic (exact) mass is 870 g/mol. The first-order chi connectivity index (χ1) is 33.3. The van der Waals surface area contributed by atoms with Gasteiger partial charge in [0.25, 0.3) is 0 Å². The molecule has 0 fully saturated rings. The fourth-order valence-corrected chi connectivity index (χ4v) is 11.9. The van der Waals surface area contributed by atoms with Gasteiger partial charge >= 0.3 is 0 Å². The summed E-state index contributed by atoms with van der Waals surface area (Å²) in [6.07, 6.45) is 0. The first-order valence-electron chi connectivity index (χ1n) is 23.9. The van der Waals surface area contributed by atoms with Crippen molar-refractivity contribution in [1.29, 1.82) is 0 Å². The highest BCUT2D eigenvalue weighted by Gasteiger charge is 2.43. The number of rotatable bonds is 7. The molecule has 10 aromatic carbocycles. The van der Waals surface area contributed by atoms with E-state index in [1.807, 2.05) is 0 Å². The maximum Gasteiger partial charge on any atom is 0.0547 e. The fourth-order valence-electron chi connectivity index (χ4n) is 11.9. The van der Waals surface area contributed by atoms with Crippen LogP contribution in [-0.2, 0) is 10.8 Å². The molecule has 2 heteroatoms. The summed E-state index contributed by atoms with van der Waals surface area (Å²) in [5.74, 6) is 0. The van der Waals surface area contributed by atoms with Crippen molar-refractivity contribution in [2.75, 3.05) is 4.90 Å². The number of para-hydroxylation sites is 2. The van der Waals surface area contributed by atoms with Gasteiger partial charge < -0.3 is 9.47 Å². The molecule has 13 rings (SSSR count). The Morgan fingerprint density at radius 1 is 0.324 bits per heavy atom. The zero-order valence-corrected chi connectivity index (χ0v) is 38.8. The molecule has 324 valence electrons. The Morgan fingerprint density at radius 3 is 1.51 bits per heavy atom. The first-order valence-corrected chi connectivity index (χ1v) is 23.9. The molecule has 2 nitrogen and oxygen atoms in total. The van der Waals surface area contributed by atoms with Crippen LogP contribution in [-0.4, -0.2) is 4.57 Å². The van der Waals surface area contributed by atoms with Gasteiger partial charge in [0.05, 0.1) is 11.0 Å². The predicted octanol–water partition coefficient (Wildman–Crippen LogP) is 17.9. The molecule has 0 amide bonds. The number of fused-ring (bicyclic) bond motifs is 9. The summed E-state index contributed by atoms with van der Waals surface area (Å²) in [6, 6.07) is 85.2. The Morgan fingerprint density at radius 2 is 0.809 bits per heavy atom. The second-order valence-electron chi connectivity index (χ2n) is 19.7. The summed E-state index contributed by atoms with van der Waals surface area (Å²) in [7, 11) is 0. The number of benzene rings is 10. The lowest BCUT2D eigenvalue weighted by atomic mass is 9.77. The fraction of sp³-hybridized carbons (Fsp3) is 0.0909. The van der Waals surface area contributed by atoms with E-state index in [0.717, 1.165) is 22.7 Å². The molecule has 2 aliphatic carbocycles. The number of hydrogen-bond acceptors (Lipinski definition) is 1. The van der Waals surface area contributed by atoms with Crippen molar-refractivity contribution in [1.82, 2.24) is 4.57 Å². The average molecular weight is 871 g/mol. The Bertz CT molecular complexity index is 3750. The maximum absolute atomic E-state index is 2.53. The molecule has 0 aliphatic heterocycles. The number of hydrogen-bond donors (Lipinski definition) is 0. The van der Waals surface area contributed by atoms with Crippen molar-refractivity contribution in [2.24, 2.45) is 0 Å². The Labute approximate surface area is 399 Å². The summed E-state index contributed by atoms with van der Waals surface area (Å²) in [5, 5.41) is 2.52. The van der Waals surface area contributed by atoms with Crippen molar-refractivity contribution < 1.29 is 0 Å². The molecule has 0 radical (unpaired) electrons. The van der Waals surface area contributed by atoms with Gasteiger partial charge in [-0.3, -0.25) is 0 Å². The van der Waals surface area contributed by atoms with Gasteiger partial charge in [0.1, 0.15) is 0 Å². The van der Waals surface area contributed by atoms with Gasteiger partial charge in [-0.15, -0.1) is 0 Å². The summed E-state index contributed by atoms with van der Waals surface area (Å²) in [4.78, 5) is 2.43. The minimum Gasteiger partial charge on any atom is -0.310 e. The zero-order chi connectivity index (χ0) is 45.7. The van der Waals surface area contributed by atoms with E-state index in [2.05, 4.69) is 268 Å². The molecular weight excluding hydrogens is 821 g/mol. The van der Waals surface area contributed by atoms with Gasteiger partial charge in [-0.05, 0) is 151 Å². The van der Waals surface area contributed by atoms with Gasteiger partial charge in [0, 0.05) is 44.4 Å². The first kappa shape index (κ1) is 40.1. The predicted molar refractivity (Wildman–Crippen MR) is 287 cm³/mol. The van der Waals surface area contributed by atoms with Crippen LogP contribution < -0.4 is 4.90 Å². The van der Waals surface area contributed by atoms with Crippen molar-refractivity contribution in [3.63, 3.8) is 0 Å². The van der Waals surface area contributed by atoms with Crippen LogP contribution in [0.3, 0.4) is 0 Å². The summed E-state index contributed by atoms with van der Waals surface area (Å²) in [5.41, 5.74) is 25.0. The molecule has 68 heavy (non-hydrogen) atoms. The maximum atomic E-state index is 2.53. The standard InChI is InChI=1S/C66H50N2/c1-65(2)58-40-50(38-39-53(58)56-41-60-57(42-59(56)65)54-27-16-26-52(64(54)66(60,3)4)45-20-10-6-11-21-45)67(48-34-30-44(31-35-48)43-18-8-5-9-19-43)49-36-32-46(33-37-49)51-25-17-29-62-63(51)55-24-14-15-28-61(55)68(62)47-22-12-7-13-23-47/h5-42H,1-4H3. The van der Waals surface area contributed by atoms with Crippen LogP contribution in [0.1, 0.15) is 49.9 Å². The molecule has 1 heterocycles. The van der Waals surface area contributed by atoms with E-state index < -0.39 is 0 Å². The van der Waals surface area contributed by atoms with E-state index >= 15 is 0 Å². The molecule has 1 aromatic heterocycles. The van der Waals surface area contributed by atoms with Crippen LogP contribution in [0, 0.1) is 0 Å². The van der Waals surface area contributed by atoms with Gasteiger partial charge in [-0.2, -0.15) is 0 Å². The van der Waals surface area contributed by atoms with Crippen molar-refractivity contribution in [2.45, 2.75) is 38.5 Å². The second-order valence-corrected chi connectivity index (χ2v) is 19.7. The van der Waals surface area contributed by atoms with E-state index in [0.29, 0.717) is 0 Å². The second kappa shape index (κ2) is 15.2. The van der Waals surface area contributed by atoms with E-state index in [4.69, 9.17) is 0 Å². The molecule has 2 aliphatic rings. The molecule has 0 spiro atoms. The molecule has 0 saturated heterocycles. The van der Waals surface area contributed by atoms with Crippen LogP contribution >= 0.6 is 0 Å². The van der Waals surface area contributed by atoms with E-state index in [1.165, 1.54) is 99.7 Å². The van der Waals surface area contributed by atoms with Gasteiger partial charge in [0.2, 0.25) is 0 Å². The van der Waals surface area contributed by atoms with Crippen LogP contribution in [0.25, 0.3) is 83.1 Å². The van der Waals surface area contributed by atoms with Crippen LogP contribution in [0.5, 0.6) is 0 Å². The highest BCUT2D eigenvalue weighted by molar-refractivity contribution is 6.15. The Balaban J connectivity index is 0.925. The largest absolute Gasteiger partial charge is 0.310 e.